The van der Waals surface area contributed by atoms with Crippen molar-refractivity contribution < 1.29 is 21.9 Å². The van der Waals surface area contributed by atoms with Crippen molar-refractivity contribution in [3.63, 3.8) is 0 Å². The van der Waals surface area contributed by atoms with Crippen LogP contribution >= 0.6 is 0 Å². The largest absolute Gasteiger partial charge is 0.436 e. The zero-order chi connectivity index (χ0) is 21.5. The number of aryl methyl sites for hydroxylation is 1. The first-order valence-corrected chi connectivity index (χ1v) is 10.4. The molecule has 0 spiro atoms. The lowest BCUT2D eigenvalue weighted by molar-refractivity contribution is 0.343. The number of hydrogen-bond donors (Lipinski definition) is 1. The molecule has 4 rings (SSSR count). The van der Waals surface area contributed by atoms with Crippen LogP contribution in [0, 0.1) is 5.82 Å². The number of rotatable bonds is 5. The maximum Gasteiger partial charge on any atom is 0.302 e. The molecular formula is C18H17F2N5O4S. The SMILES string of the molecule is Cn1cnc2ccc(Oc3nc(NS(=O)(=O)N4CCC(F)C4)ccc3F)cc2c1=O. The van der Waals surface area contributed by atoms with Crippen molar-refractivity contribution in [2.45, 2.75) is 12.6 Å². The van der Waals surface area contributed by atoms with Gasteiger partial charge in [-0.2, -0.15) is 17.7 Å². The first kappa shape index (κ1) is 20.2. The number of halogens is 2. The van der Waals surface area contributed by atoms with Crippen LogP contribution < -0.4 is 15.0 Å². The van der Waals surface area contributed by atoms with Crippen molar-refractivity contribution >= 4 is 26.9 Å². The van der Waals surface area contributed by atoms with Gasteiger partial charge in [0.15, 0.2) is 5.82 Å². The standard InChI is InChI=1S/C18H17F2N5O4S/c1-24-10-21-15-4-2-12(8-13(15)18(24)26)29-17-14(20)3-5-16(22-17)23-30(27,28)25-7-6-11(19)9-25/h2-5,8,10-11H,6-7,9H2,1H3,(H,22,23). The molecule has 2 aromatic heterocycles. The van der Waals surface area contributed by atoms with E-state index in [2.05, 4.69) is 14.7 Å². The molecule has 1 aliphatic heterocycles. The van der Waals surface area contributed by atoms with Gasteiger partial charge in [0.25, 0.3) is 11.4 Å². The van der Waals surface area contributed by atoms with Gasteiger partial charge in [0, 0.05) is 20.1 Å². The number of nitrogens with zero attached hydrogens (tertiary/aromatic N) is 4. The minimum atomic E-state index is -4.04. The number of hydrogen-bond acceptors (Lipinski definition) is 6. The summed E-state index contributed by atoms with van der Waals surface area (Å²) < 4.78 is 62.1. The molecule has 1 atom stereocenters. The fourth-order valence-electron chi connectivity index (χ4n) is 3.02. The molecule has 1 aliphatic rings. The Morgan fingerprint density at radius 3 is 2.80 bits per heavy atom. The first-order chi connectivity index (χ1) is 14.2. The summed E-state index contributed by atoms with van der Waals surface area (Å²) in [4.78, 5) is 20.2. The molecule has 1 aromatic carbocycles. The number of fused-ring (bicyclic) bond motifs is 1. The fraction of sp³-hybridized carbons (Fsp3) is 0.278. The summed E-state index contributed by atoms with van der Waals surface area (Å²) in [7, 11) is -2.49. The van der Waals surface area contributed by atoms with Gasteiger partial charge >= 0.3 is 10.2 Å². The van der Waals surface area contributed by atoms with E-state index in [4.69, 9.17) is 4.74 Å². The summed E-state index contributed by atoms with van der Waals surface area (Å²) in [6.45, 7) is -0.207. The summed E-state index contributed by atoms with van der Waals surface area (Å²) in [5, 5.41) is 0.268. The second kappa shape index (κ2) is 7.61. The molecule has 30 heavy (non-hydrogen) atoms. The number of ether oxygens (including phenoxy) is 1. The molecule has 0 saturated carbocycles. The van der Waals surface area contributed by atoms with E-state index in [1.54, 1.807) is 7.05 Å². The maximum atomic E-state index is 14.2. The summed E-state index contributed by atoms with van der Waals surface area (Å²) in [6, 6.07) is 6.54. The Morgan fingerprint density at radius 2 is 2.07 bits per heavy atom. The third kappa shape index (κ3) is 3.96. The Hall–Kier alpha value is -3.12. The lowest BCUT2D eigenvalue weighted by Gasteiger charge is -2.16. The van der Waals surface area contributed by atoms with Crippen molar-refractivity contribution in [3.8, 4) is 11.6 Å². The second-order valence-electron chi connectivity index (χ2n) is 6.78. The highest BCUT2D eigenvalue weighted by molar-refractivity contribution is 7.90. The van der Waals surface area contributed by atoms with Crippen LogP contribution in [0.2, 0.25) is 0 Å². The molecule has 9 nitrogen and oxygen atoms in total. The smallest absolute Gasteiger partial charge is 0.302 e. The quantitative estimate of drug-likeness (QED) is 0.654. The first-order valence-electron chi connectivity index (χ1n) is 8.95. The average Bonchev–Trinajstić information content (AvgIpc) is 3.15. The molecule has 0 radical (unpaired) electrons. The predicted molar refractivity (Wildman–Crippen MR) is 105 cm³/mol. The maximum absolute atomic E-state index is 14.2. The van der Waals surface area contributed by atoms with Crippen LogP contribution in [0.5, 0.6) is 11.6 Å². The highest BCUT2D eigenvalue weighted by atomic mass is 32.2. The Balaban J connectivity index is 1.60. The molecular weight excluding hydrogens is 420 g/mol. The monoisotopic (exact) mass is 437 g/mol. The van der Waals surface area contributed by atoms with E-state index in [0.29, 0.717) is 5.52 Å². The van der Waals surface area contributed by atoms with Gasteiger partial charge in [0.1, 0.15) is 17.7 Å². The molecule has 1 fully saturated rings. The van der Waals surface area contributed by atoms with E-state index in [9.17, 15) is 22.0 Å². The van der Waals surface area contributed by atoms with Crippen molar-refractivity contribution in [2.24, 2.45) is 7.05 Å². The van der Waals surface area contributed by atoms with Gasteiger partial charge in [-0.3, -0.25) is 9.52 Å². The van der Waals surface area contributed by atoms with Crippen LogP contribution in [-0.2, 0) is 17.3 Å². The molecule has 0 bridgehead atoms. The van der Waals surface area contributed by atoms with Gasteiger partial charge in [0.2, 0.25) is 0 Å². The van der Waals surface area contributed by atoms with Crippen molar-refractivity contribution in [1.82, 2.24) is 18.8 Å². The molecule has 158 valence electrons. The highest BCUT2D eigenvalue weighted by Crippen LogP contribution is 2.26. The van der Waals surface area contributed by atoms with Crippen LogP contribution in [0.1, 0.15) is 6.42 Å². The van der Waals surface area contributed by atoms with E-state index in [-0.39, 0.29) is 42.0 Å². The van der Waals surface area contributed by atoms with Gasteiger partial charge in [0.05, 0.1) is 17.2 Å². The normalized spacial score (nSPS) is 17.4. The zero-order valence-corrected chi connectivity index (χ0v) is 16.6. The van der Waals surface area contributed by atoms with E-state index >= 15 is 0 Å². The molecule has 1 unspecified atom stereocenters. The summed E-state index contributed by atoms with van der Waals surface area (Å²) in [5.41, 5.74) is 0.134. The van der Waals surface area contributed by atoms with E-state index in [0.717, 1.165) is 16.4 Å². The van der Waals surface area contributed by atoms with Gasteiger partial charge in [-0.15, -0.1) is 0 Å². The van der Waals surface area contributed by atoms with Crippen LogP contribution in [0.15, 0.2) is 41.5 Å². The van der Waals surface area contributed by atoms with E-state index in [1.165, 1.54) is 29.1 Å². The third-order valence-electron chi connectivity index (χ3n) is 4.58. The number of pyridine rings is 1. The molecule has 1 N–H and O–H groups in total. The Labute approximate surface area is 170 Å². The topological polar surface area (TPSA) is 106 Å². The molecule has 3 aromatic rings. The number of nitrogens with one attached hydrogen (secondary N) is 1. The van der Waals surface area contributed by atoms with Gasteiger partial charge < -0.3 is 9.30 Å². The fourth-order valence-corrected chi connectivity index (χ4v) is 4.23. The molecule has 12 heteroatoms. The summed E-state index contributed by atoms with van der Waals surface area (Å²) in [6.07, 6.45) is 0.271. The van der Waals surface area contributed by atoms with Gasteiger partial charge in [-0.05, 0) is 36.8 Å². The van der Waals surface area contributed by atoms with E-state index in [1.807, 2.05) is 0 Å². The highest BCUT2D eigenvalue weighted by Gasteiger charge is 2.31. The summed E-state index contributed by atoms with van der Waals surface area (Å²) in [5.74, 6) is -1.38. The number of anilines is 1. The predicted octanol–water partition coefficient (Wildman–Crippen LogP) is 1.96. The summed E-state index contributed by atoms with van der Waals surface area (Å²) >= 11 is 0. The second-order valence-corrected chi connectivity index (χ2v) is 8.45. The molecule has 0 amide bonds. The van der Waals surface area contributed by atoms with Crippen molar-refractivity contribution in [1.29, 1.82) is 0 Å². The van der Waals surface area contributed by atoms with Crippen molar-refractivity contribution in [2.75, 3.05) is 17.8 Å². The molecule has 0 aliphatic carbocycles. The van der Waals surface area contributed by atoms with Crippen LogP contribution in [0.25, 0.3) is 10.9 Å². The lowest BCUT2D eigenvalue weighted by atomic mass is 10.2. The third-order valence-corrected chi connectivity index (χ3v) is 6.06. The Kier molecular flexibility index (Phi) is 5.12. The van der Waals surface area contributed by atoms with Crippen LogP contribution in [-0.4, -0.2) is 46.5 Å². The van der Waals surface area contributed by atoms with Crippen LogP contribution in [0.3, 0.4) is 0 Å². The molecule has 3 heterocycles. The van der Waals surface area contributed by atoms with Crippen LogP contribution in [0.4, 0.5) is 14.6 Å². The Morgan fingerprint density at radius 1 is 1.27 bits per heavy atom. The van der Waals surface area contributed by atoms with Gasteiger partial charge in [-0.1, -0.05) is 0 Å². The van der Waals surface area contributed by atoms with Crippen molar-refractivity contribution in [3.05, 3.63) is 52.8 Å². The lowest BCUT2D eigenvalue weighted by Crippen LogP contribution is -2.34. The zero-order valence-electron chi connectivity index (χ0n) is 15.7. The average molecular weight is 437 g/mol. The minimum absolute atomic E-state index is 0.0428. The van der Waals surface area contributed by atoms with E-state index < -0.39 is 28.1 Å². The molecule has 1 saturated heterocycles. The number of alkyl halides is 1. The van der Waals surface area contributed by atoms with Gasteiger partial charge in [-0.25, -0.2) is 13.8 Å². The minimum Gasteiger partial charge on any atom is -0.436 e. The number of aromatic nitrogens is 3. The number of benzene rings is 1. The Bertz CT molecular complexity index is 1280.